The molecule has 2 fully saturated rings. The Morgan fingerprint density at radius 3 is 2.46 bits per heavy atom. The van der Waals surface area contributed by atoms with Crippen molar-refractivity contribution in [3.8, 4) is 0 Å². The summed E-state index contributed by atoms with van der Waals surface area (Å²) in [6.07, 6.45) is -0.641. The average molecular weight is 355 g/mol. The highest BCUT2D eigenvalue weighted by molar-refractivity contribution is 7.15. The summed E-state index contributed by atoms with van der Waals surface area (Å²) in [6, 6.07) is 0. The molecule has 11 heteroatoms. The molecular weight excluding hydrogens is 337 g/mol. The van der Waals surface area contributed by atoms with Crippen molar-refractivity contribution in [2.45, 2.75) is 26.4 Å². The fourth-order valence-corrected chi connectivity index (χ4v) is 3.70. The minimum absolute atomic E-state index is 0.00722. The molecule has 1 aromatic rings. The molecule has 0 aromatic carbocycles. The lowest BCUT2D eigenvalue weighted by atomic mass is 9.65. The molecule has 2 aliphatic heterocycles. The second kappa shape index (κ2) is 5.18. The summed E-state index contributed by atoms with van der Waals surface area (Å²) < 4.78 is 15.9. The maximum atomic E-state index is 11.8. The first-order valence-electron chi connectivity index (χ1n) is 7.41. The number of thiazole rings is 1. The maximum Gasteiger partial charge on any atom is 0.633 e. The first kappa shape index (κ1) is 16.7. The second-order valence-electron chi connectivity index (χ2n) is 7.15. The number of nitrogens with zero attached hydrogens (tertiary/aromatic N) is 2. The third-order valence-corrected chi connectivity index (χ3v) is 4.66. The molecule has 0 unspecified atom stereocenters. The Balaban J connectivity index is 1.84. The monoisotopic (exact) mass is 355 g/mol. The van der Waals surface area contributed by atoms with Crippen molar-refractivity contribution >= 4 is 46.8 Å². The van der Waals surface area contributed by atoms with Gasteiger partial charge in [-0.2, -0.15) is 0 Å². The highest BCUT2D eigenvalue weighted by atomic mass is 32.1. The second-order valence-corrected chi connectivity index (χ2v) is 8.01. The maximum absolute atomic E-state index is 11.8. The molecule has 0 radical (unpaired) electrons. The van der Waals surface area contributed by atoms with Gasteiger partial charge in [-0.25, -0.2) is 4.79 Å². The minimum Gasteiger partial charge on any atom is -0.595 e. The van der Waals surface area contributed by atoms with Gasteiger partial charge in [-0.05, 0) is 26.2 Å². The molecule has 24 heavy (non-hydrogen) atoms. The molecule has 3 heterocycles. The van der Waals surface area contributed by atoms with Crippen LogP contribution < -0.4 is 10.9 Å². The van der Waals surface area contributed by atoms with Gasteiger partial charge in [-0.1, -0.05) is 0 Å². The summed E-state index contributed by atoms with van der Waals surface area (Å²) in [4.78, 5) is 39.6. The lowest BCUT2D eigenvalue weighted by Crippen LogP contribution is -2.67. The number of hydrogen-bond donors (Lipinski definition) is 1. The molecule has 0 aliphatic carbocycles. The van der Waals surface area contributed by atoms with E-state index in [1.165, 1.54) is 0 Å². The fourth-order valence-electron chi connectivity index (χ4n) is 2.94. The van der Waals surface area contributed by atoms with Crippen molar-refractivity contribution < 1.29 is 32.8 Å². The number of quaternary nitrogens is 1. The number of aromatic nitrogens is 1. The Morgan fingerprint density at radius 2 is 1.92 bits per heavy atom. The Morgan fingerprint density at radius 1 is 1.33 bits per heavy atom. The summed E-state index contributed by atoms with van der Waals surface area (Å²) in [5.41, 5.74) is -0.310. The molecule has 1 N–H and O–H groups in total. The summed E-state index contributed by atoms with van der Waals surface area (Å²) in [7, 11) is 1.72. The Bertz CT molecular complexity index is 708. The van der Waals surface area contributed by atoms with E-state index in [2.05, 4.69) is 10.3 Å². The number of amides is 1. The van der Waals surface area contributed by atoms with Gasteiger partial charge in [0, 0.05) is 7.05 Å². The molecule has 1 aromatic heterocycles. The van der Waals surface area contributed by atoms with Crippen LogP contribution in [0.2, 0.25) is 0 Å². The summed E-state index contributed by atoms with van der Waals surface area (Å²) in [6.45, 7) is 2.95. The summed E-state index contributed by atoms with van der Waals surface area (Å²) in [5.74, 6) is -0.890. The van der Waals surface area contributed by atoms with Crippen LogP contribution in [0.5, 0.6) is 0 Å². The quantitative estimate of drug-likeness (QED) is 0.756. The van der Waals surface area contributed by atoms with Crippen molar-refractivity contribution in [2.24, 2.45) is 0 Å². The zero-order valence-corrected chi connectivity index (χ0v) is 14.6. The van der Waals surface area contributed by atoms with Gasteiger partial charge in [0.1, 0.15) is 18.7 Å². The minimum atomic E-state index is -2.38. The van der Waals surface area contributed by atoms with Crippen LogP contribution in [0.3, 0.4) is 0 Å². The van der Waals surface area contributed by atoms with E-state index >= 15 is 0 Å². The standard InChI is InChI=1S/C13H18BN3O6S/c1-13(2,3)21-12(20)16-11-15-8(7-24-11)14-17(4,5-9(18)22-14)6-10(19)23-14/h7H,5-6H2,1-4H3,(H,15,16,20). The van der Waals surface area contributed by atoms with E-state index in [1.54, 1.807) is 33.2 Å². The van der Waals surface area contributed by atoms with Gasteiger partial charge in [0.15, 0.2) is 5.13 Å². The van der Waals surface area contributed by atoms with Crippen LogP contribution in [-0.2, 0) is 23.6 Å². The van der Waals surface area contributed by atoms with Crippen LogP contribution in [0.15, 0.2) is 5.38 Å². The van der Waals surface area contributed by atoms with E-state index in [4.69, 9.17) is 14.0 Å². The Hall–Kier alpha value is -2.14. The summed E-state index contributed by atoms with van der Waals surface area (Å²) in [5, 5.41) is 4.40. The van der Waals surface area contributed by atoms with Crippen LogP contribution in [-0.4, -0.2) is 59.8 Å². The van der Waals surface area contributed by atoms with Gasteiger partial charge in [-0.3, -0.25) is 19.9 Å². The molecule has 0 bridgehead atoms. The predicted molar refractivity (Wildman–Crippen MR) is 85.5 cm³/mol. The lowest BCUT2D eigenvalue weighted by molar-refractivity contribution is -0.791. The molecule has 3 rings (SSSR count). The van der Waals surface area contributed by atoms with Crippen molar-refractivity contribution in [3.05, 3.63) is 5.38 Å². The van der Waals surface area contributed by atoms with Gasteiger partial charge in [0.2, 0.25) is 0 Å². The smallest absolute Gasteiger partial charge is 0.595 e. The van der Waals surface area contributed by atoms with Crippen molar-refractivity contribution in [1.29, 1.82) is 0 Å². The first-order chi connectivity index (χ1) is 11.0. The molecule has 130 valence electrons. The molecule has 0 atom stereocenters. The molecule has 0 spiro atoms. The van der Waals surface area contributed by atoms with Crippen molar-refractivity contribution in [1.82, 2.24) is 4.98 Å². The van der Waals surface area contributed by atoms with Gasteiger partial charge < -0.3 is 18.4 Å². The number of rotatable bonds is 2. The molecule has 1 amide bonds. The van der Waals surface area contributed by atoms with Crippen molar-refractivity contribution in [2.75, 3.05) is 25.5 Å². The number of carbonyl (C=O) groups excluding carboxylic acids is 3. The van der Waals surface area contributed by atoms with Crippen LogP contribution in [0.1, 0.15) is 20.8 Å². The Kier molecular flexibility index (Phi) is 3.61. The topological polar surface area (TPSA) is 104 Å². The number of likely N-dealkylation sites (N-methyl/N-ethyl adjacent to an activating group) is 1. The zero-order valence-electron chi connectivity index (χ0n) is 13.8. The van der Waals surface area contributed by atoms with Crippen LogP contribution in [0, 0.1) is 0 Å². The number of ether oxygens (including phenoxy) is 1. The number of carbonyl (C=O) groups is 3. The van der Waals surface area contributed by atoms with Crippen molar-refractivity contribution in [3.63, 3.8) is 0 Å². The van der Waals surface area contributed by atoms with Crippen LogP contribution in [0.4, 0.5) is 9.93 Å². The average Bonchev–Trinajstić information content (AvgIpc) is 2.96. The lowest BCUT2D eigenvalue weighted by Gasteiger charge is -2.38. The molecule has 0 saturated carbocycles. The highest BCUT2D eigenvalue weighted by Crippen LogP contribution is 2.34. The molecule has 9 nitrogen and oxygen atoms in total. The third kappa shape index (κ3) is 2.73. The van der Waals surface area contributed by atoms with Crippen LogP contribution >= 0.6 is 11.3 Å². The largest absolute Gasteiger partial charge is 0.633 e. The van der Waals surface area contributed by atoms with E-state index in [-0.39, 0.29) is 22.6 Å². The fraction of sp³-hybridized carbons (Fsp3) is 0.538. The predicted octanol–water partition coefficient (Wildman–Crippen LogP) is 0.196. The molecule has 2 saturated heterocycles. The molecule has 2 aliphatic rings. The first-order valence-corrected chi connectivity index (χ1v) is 8.29. The SMILES string of the molecule is CC(C)(C)OC(=O)Nc1nc([B-]23OC(=O)C[N+]2(C)CC(=O)O3)cs1. The summed E-state index contributed by atoms with van der Waals surface area (Å²) >= 11 is 1.14. The number of hydrogen-bond acceptors (Lipinski definition) is 8. The number of anilines is 1. The molecular formula is C13H18BN3O6S. The van der Waals surface area contributed by atoms with E-state index in [1.807, 2.05) is 0 Å². The van der Waals surface area contributed by atoms with Gasteiger partial charge in [-0.15, -0.1) is 11.3 Å². The van der Waals surface area contributed by atoms with Gasteiger partial charge in [0.25, 0.3) is 0 Å². The van der Waals surface area contributed by atoms with E-state index in [0.29, 0.717) is 5.59 Å². The van der Waals surface area contributed by atoms with E-state index < -0.39 is 30.3 Å². The van der Waals surface area contributed by atoms with Gasteiger partial charge in [0.05, 0.1) is 5.59 Å². The van der Waals surface area contributed by atoms with Gasteiger partial charge >= 0.3 is 24.7 Å². The zero-order chi connectivity index (χ0) is 17.8. The van der Waals surface area contributed by atoms with Crippen LogP contribution in [0.25, 0.3) is 0 Å². The number of fused-ring (bicyclic) bond motifs is 1. The highest BCUT2D eigenvalue weighted by Gasteiger charge is 2.67. The van der Waals surface area contributed by atoms with E-state index in [9.17, 15) is 14.4 Å². The normalized spacial score (nSPS) is 29.0. The Labute approximate surface area is 142 Å². The van der Waals surface area contributed by atoms with E-state index in [0.717, 1.165) is 11.3 Å². The number of nitrogens with one attached hydrogen (secondary N) is 1. The third-order valence-electron chi connectivity index (χ3n) is 3.89.